The maximum Gasteiger partial charge on any atom is 0.408 e. The second-order valence-corrected chi connectivity index (χ2v) is 7.75. The number of H-pyrrole nitrogens is 1. The lowest BCUT2D eigenvalue weighted by molar-refractivity contribution is -0.127. The van der Waals surface area contributed by atoms with Crippen LogP contribution in [0, 0.1) is 0 Å². The molecule has 0 bridgehead atoms. The molecule has 0 fully saturated rings. The van der Waals surface area contributed by atoms with Crippen LogP contribution in [0.1, 0.15) is 18.2 Å². The van der Waals surface area contributed by atoms with Crippen molar-refractivity contribution in [1.82, 2.24) is 20.6 Å². The molecule has 0 spiro atoms. The largest absolute Gasteiger partial charge is 0.437 e. The van der Waals surface area contributed by atoms with Crippen LogP contribution in [0.2, 0.25) is 0 Å². The van der Waals surface area contributed by atoms with E-state index in [4.69, 9.17) is 0 Å². The Kier molecular flexibility index (Phi) is 7.92. The number of aromatic amines is 1. The Morgan fingerprint density at radius 3 is 2.64 bits per heavy atom. The van der Waals surface area contributed by atoms with Gasteiger partial charge in [0, 0.05) is 48.4 Å². The molecule has 2 amide bonds. The van der Waals surface area contributed by atoms with Gasteiger partial charge < -0.3 is 20.4 Å². The summed E-state index contributed by atoms with van der Waals surface area (Å²) in [5, 5.41) is 5.95. The molecule has 3 rings (SSSR count). The molecule has 0 aliphatic carbocycles. The number of carbonyl (C=O) groups is 2. The quantitative estimate of drug-likeness (QED) is 0.429. The Balaban J connectivity index is 1.76. The molecule has 0 aliphatic heterocycles. The minimum atomic E-state index is -3.19. The van der Waals surface area contributed by atoms with Gasteiger partial charge in [-0.1, -0.05) is 24.3 Å². The Hall–Kier alpha value is -3.56. The number of aromatic nitrogens is 2. The molecule has 2 atom stereocenters. The van der Waals surface area contributed by atoms with Gasteiger partial charge in [-0.25, -0.2) is 18.0 Å². The molecule has 33 heavy (non-hydrogen) atoms. The number of fused-ring (bicyclic) bond motifs is 1. The van der Waals surface area contributed by atoms with Crippen molar-refractivity contribution in [3.8, 4) is 0 Å². The molecule has 1 aromatic carbocycles. The zero-order valence-corrected chi connectivity index (χ0v) is 18.0. The van der Waals surface area contributed by atoms with Crippen molar-refractivity contribution < 1.29 is 27.5 Å². The highest BCUT2D eigenvalue weighted by molar-refractivity contribution is 5.91. The Bertz CT molecular complexity index is 1080. The third kappa shape index (κ3) is 6.24. The van der Waals surface area contributed by atoms with Gasteiger partial charge in [-0.2, -0.15) is 0 Å². The molecule has 10 heteroatoms. The van der Waals surface area contributed by atoms with E-state index in [0.717, 1.165) is 22.2 Å². The molecule has 2 heterocycles. The third-order valence-corrected chi connectivity index (χ3v) is 5.18. The number of hydrogen-bond acceptors (Lipinski definition) is 4. The minimum absolute atomic E-state index is 0.0382. The monoisotopic (exact) mass is 462 g/mol. The SMILES string of the molecule is CC(Cc1c[nH]c2ccccc12)(NC(=O)OC(CF)C(F)F)C(=O)NCCc1ccccn1. The summed E-state index contributed by atoms with van der Waals surface area (Å²) >= 11 is 0. The van der Waals surface area contributed by atoms with Crippen LogP contribution in [-0.4, -0.2) is 53.3 Å². The number of amides is 2. The molecule has 3 aromatic rings. The van der Waals surface area contributed by atoms with Gasteiger partial charge in [-0.05, 0) is 30.7 Å². The number of hydrogen-bond donors (Lipinski definition) is 3. The van der Waals surface area contributed by atoms with E-state index in [1.54, 1.807) is 18.5 Å². The number of halogens is 3. The van der Waals surface area contributed by atoms with Crippen molar-refractivity contribution in [1.29, 1.82) is 0 Å². The standard InChI is InChI=1S/C23H25F3N4O3/c1-23(30-22(32)33-19(13-24)20(25)26,12-15-14-29-18-8-3-2-7-17(15)18)21(31)28-11-9-16-6-4-5-10-27-16/h2-8,10,14,19-20,29H,9,11-13H2,1H3,(H,28,31)(H,30,32). The van der Waals surface area contributed by atoms with Crippen molar-refractivity contribution in [2.24, 2.45) is 0 Å². The van der Waals surface area contributed by atoms with E-state index in [1.807, 2.05) is 36.4 Å². The van der Waals surface area contributed by atoms with Gasteiger partial charge >= 0.3 is 6.09 Å². The van der Waals surface area contributed by atoms with Gasteiger partial charge in [-0.15, -0.1) is 0 Å². The first-order valence-electron chi connectivity index (χ1n) is 10.4. The first kappa shape index (κ1) is 24.1. The molecule has 0 saturated heterocycles. The molecule has 176 valence electrons. The normalized spacial score (nSPS) is 14.0. The summed E-state index contributed by atoms with van der Waals surface area (Å²) in [4.78, 5) is 32.7. The summed E-state index contributed by atoms with van der Waals surface area (Å²) in [5.74, 6) is -0.547. The predicted octanol–water partition coefficient (Wildman–Crippen LogP) is 3.55. The highest BCUT2D eigenvalue weighted by Crippen LogP contribution is 2.23. The van der Waals surface area contributed by atoms with E-state index in [0.29, 0.717) is 6.42 Å². The molecular weight excluding hydrogens is 437 g/mol. The topological polar surface area (TPSA) is 96.1 Å². The third-order valence-electron chi connectivity index (χ3n) is 5.18. The van der Waals surface area contributed by atoms with Crippen LogP contribution in [0.4, 0.5) is 18.0 Å². The average molecular weight is 462 g/mol. The molecule has 7 nitrogen and oxygen atoms in total. The second kappa shape index (κ2) is 10.8. The maximum atomic E-state index is 13.1. The van der Waals surface area contributed by atoms with Crippen LogP contribution < -0.4 is 10.6 Å². The fourth-order valence-corrected chi connectivity index (χ4v) is 3.43. The number of nitrogens with zero attached hydrogens (tertiary/aromatic N) is 1. The highest BCUT2D eigenvalue weighted by atomic mass is 19.3. The van der Waals surface area contributed by atoms with E-state index in [2.05, 4.69) is 25.3 Å². The number of ether oxygens (including phenoxy) is 1. The number of carbonyl (C=O) groups excluding carboxylic acids is 2. The van der Waals surface area contributed by atoms with E-state index < -0.39 is 36.7 Å². The zero-order valence-electron chi connectivity index (χ0n) is 18.0. The summed E-state index contributed by atoms with van der Waals surface area (Å²) in [6.07, 6.45) is -2.87. The van der Waals surface area contributed by atoms with Gasteiger partial charge in [0.05, 0.1) is 0 Å². The van der Waals surface area contributed by atoms with Crippen LogP contribution in [0.3, 0.4) is 0 Å². The predicted molar refractivity (Wildman–Crippen MR) is 117 cm³/mol. The van der Waals surface area contributed by atoms with Gasteiger partial charge in [0.1, 0.15) is 12.2 Å². The molecule has 0 radical (unpaired) electrons. The highest BCUT2D eigenvalue weighted by Gasteiger charge is 2.37. The number of alkyl carbamates (subject to hydrolysis) is 1. The smallest absolute Gasteiger partial charge is 0.408 e. The fourth-order valence-electron chi connectivity index (χ4n) is 3.43. The van der Waals surface area contributed by atoms with Crippen LogP contribution in [-0.2, 0) is 22.4 Å². The van der Waals surface area contributed by atoms with Gasteiger partial charge in [0.25, 0.3) is 6.43 Å². The number of rotatable bonds is 10. The Morgan fingerprint density at radius 1 is 1.18 bits per heavy atom. The van der Waals surface area contributed by atoms with Crippen molar-refractivity contribution >= 4 is 22.9 Å². The van der Waals surface area contributed by atoms with Crippen molar-refractivity contribution in [2.45, 2.75) is 37.8 Å². The van der Waals surface area contributed by atoms with E-state index in [1.165, 1.54) is 6.92 Å². The number of benzene rings is 1. The lowest BCUT2D eigenvalue weighted by Gasteiger charge is -2.30. The van der Waals surface area contributed by atoms with Gasteiger partial charge in [-0.3, -0.25) is 9.78 Å². The number of pyridine rings is 1. The molecule has 0 aliphatic rings. The van der Waals surface area contributed by atoms with Crippen molar-refractivity contribution in [3.63, 3.8) is 0 Å². The van der Waals surface area contributed by atoms with Crippen LogP contribution in [0.5, 0.6) is 0 Å². The lowest BCUT2D eigenvalue weighted by Crippen LogP contribution is -2.59. The number of nitrogens with one attached hydrogen (secondary N) is 3. The molecular formula is C23H25F3N4O3. The van der Waals surface area contributed by atoms with Gasteiger partial charge in [0.2, 0.25) is 5.91 Å². The average Bonchev–Trinajstić information content (AvgIpc) is 3.20. The van der Waals surface area contributed by atoms with Crippen LogP contribution >= 0.6 is 0 Å². The number of alkyl halides is 3. The van der Waals surface area contributed by atoms with E-state index in [-0.39, 0.29) is 13.0 Å². The summed E-state index contributed by atoms with van der Waals surface area (Å²) in [5.41, 5.74) is 0.772. The first-order valence-corrected chi connectivity index (χ1v) is 10.4. The Labute approximate surface area is 188 Å². The van der Waals surface area contributed by atoms with Crippen LogP contribution in [0.15, 0.2) is 54.9 Å². The van der Waals surface area contributed by atoms with Crippen molar-refractivity contribution in [2.75, 3.05) is 13.2 Å². The summed E-state index contributed by atoms with van der Waals surface area (Å²) < 4.78 is 43.0. The summed E-state index contributed by atoms with van der Waals surface area (Å²) in [6, 6.07) is 12.8. The molecule has 3 N–H and O–H groups in total. The number of para-hydroxylation sites is 1. The molecule has 2 aromatic heterocycles. The van der Waals surface area contributed by atoms with E-state index >= 15 is 0 Å². The maximum absolute atomic E-state index is 13.1. The Morgan fingerprint density at radius 2 is 1.94 bits per heavy atom. The summed E-state index contributed by atoms with van der Waals surface area (Å²) in [7, 11) is 0. The van der Waals surface area contributed by atoms with Gasteiger partial charge in [0.15, 0.2) is 6.10 Å². The molecule has 0 saturated carbocycles. The van der Waals surface area contributed by atoms with Crippen molar-refractivity contribution in [3.05, 3.63) is 66.1 Å². The minimum Gasteiger partial charge on any atom is -0.437 e. The first-order chi connectivity index (χ1) is 15.8. The fraction of sp³-hybridized carbons (Fsp3) is 0.348. The van der Waals surface area contributed by atoms with E-state index in [9.17, 15) is 22.8 Å². The summed E-state index contributed by atoms with van der Waals surface area (Å²) in [6.45, 7) is 0.152. The second-order valence-electron chi connectivity index (χ2n) is 7.75. The zero-order chi connectivity index (χ0) is 23.8. The lowest BCUT2D eigenvalue weighted by atomic mass is 9.91. The van der Waals surface area contributed by atoms with Crippen LogP contribution in [0.25, 0.3) is 10.9 Å². The molecule has 2 unspecified atom stereocenters.